The second kappa shape index (κ2) is 9.57. The Kier molecular flexibility index (Phi) is 6.62. The van der Waals surface area contributed by atoms with Gasteiger partial charge in [0, 0.05) is 51.4 Å². The van der Waals surface area contributed by atoms with Gasteiger partial charge >= 0.3 is 0 Å². The van der Waals surface area contributed by atoms with Crippen molar-refractivity contribution in [1.82, 2.24) is 24.6 Å². The van der Waals surface area contributed by atoms with Gasteiger partial charge in [-0.05, 0) is 43.5 Å². The van der Waals surface area contributed by atoms with E-state index >= 15 is 0 Å². The normalized spacial score (nSPS) is 21.9. The number of aromatic nitrogens is 3. The summed E-state index contributed by atoms with van der Waals surface area (Å²) in [4.78, 5) is 33.8. The molecule has 0 spiro atoms. The maximum absolute atomic E-state index is 13.0. The summed E-state index contributed by atoms with van der Waals surface area (Å²) in [5.41, 5.74) is 1.63. The van der Waals surface area contributed by atoms with Crippen LogP contribution in [0.4, 0.5) is 0 Å². The number of aryl methyl sites for hydroxylation is 1. The van der Waals surface area contributed by atoms with Crippen LogP contribution in [0.3, 0.4) is 0 Å². The Labute approximate surface area is 181 Å². The van der Waals surface area contributed by atoms with Gasteiger partial charge < -0.3 is 19.3 Å². The first-order chi connectivity index (χ1) is 15.2. The Hall–Kier alpha value is -2.78. The highest BCUT2D eigenvalue weighted by Crippen LogP contribution is 2.40. The lowest BCUT2D eigenvalue weighted by atomic mass is 9.86. The van der Waals surface area contributed by atoms with E-state index < -0.39 is 6.10 Å². The number of β-lactam (4-membered cyclic amide) rings is 1. The molecule has 2 amide bonds. The Balaban J connectivity index is 1.43. The fraction of sp³-hybridized carbons (Fsp3) is 0.545. The van der Waals surface area contributed by atoms with E-state index in [0.29, 0.717) is 38.5 Å². The fourth-order valence-corrected chi connectivity index (χ4v) is 4.48. The summed E-state index contributed by atoms with van der Waals surface area (Å²) in [6.07, 6.45) is 6.11. The van der Waals surface area contributed by atoms with Crippen molar-refractivity contribution in [2.75, 3.05) is 33.4 Å². The summed E-state index contributed by atoms with van der Waals surface area (Å²) < 4.78 is 12.6. The molecule has 0 saturated carbocycles. The number of amides is 2. The van der Waals surface area contributed by atoms with E-state index in [2.05, 4.69) is 10.1 Å². The molecule has 9 heteroatoms. The van der Waals surface area contributed by atoms with Gasteiger partial charge in [-0.25, -0.2) is 0 Å². The van der Waals surface area contributed by atoms with Crippen LogP contribution in [0.15, 0.2) is 36.8 Å². The van der Waals surface area contributed by atoms with Gasteiger partial charge in [-0.1, -0.05) is 0 Å². The maximum Gasteiger partial charge on any atom is 0.272 e. The van der Waals surface area contributed by atoms with Crippen LogP contribution >= 0.6 is 0 Å². The zero-order valence-corrected chi connectivity index (χ0v) is 18.0. The molecule has 2 aliphatic heterocycles. The lowest BCUT2D eigenvalue weighted by Gasteiger charge is -2.52. The number of ether oxygens (including phenoxy) is 2. The second-order valence-electron chi connectivity index (χ2n) is 7.81. The molecule has 2 saturated heterocycles. The quantitative estimate of drug-likeness (QED) is 0.469. The minimum Gasteiger partial charge on any atom is -0.382 e. The predicted octanol–water partition coefficient (Wildman–Crippen LogP) is 1.52. The van der Waals surface area contributed by atoms with Crippen LogP contribution in [0.2, 0.25) is 0 Å². The number of likely N-dealkylation sites (tertiary alicyclic amines) is 2. The molecule has 9 nitrogen and oxygen atoms in total. The Morgan fingerprint density at radius 3 is 2.55 bits per heavy atom. The minimum atomic E-state index is -0.504. The van der Waals surface area contributed by atoms with Crippen molar-refractivity contribution in [1.29, 1.82) is 0 Å². The number of nitrogens with zero attached hydrogens (tertiary/aromatic N) is 5. The molecule has 2 atom stereocenters. The summed E-state index contributed by atoms with van der Waals surface area (Å²) >= 11 is 0. The van der Waals surface area contributed by atoms with Crippen molar-refractivity contribution in [3.8, 4) is 0 Å². The van der Waals surface area contributed by atoms with E-state index in [9.17, 15) is 9.59 Å². The van der Waals surface area contributed by atoms with Gasteiger partial charge in [0.05, 0.1) is 19.3 Å². The summed E-state index contributed by atoms with van der Waals surface area (Å²) in [7, 11) is 1.61. The first kappa shape index (κ1) is 21.5. The predicted molar refractivity (Wildman–Crippen MR) is 112 cm³/mol. The standard InChI is InChI=1S/C22H29N5O4/c1-3-26-18(6-11-24-26)21(28)25-12-7-17(8-13-25)27-19(16-4-9-23-10-5-16)20(22(27)29)31-15-14-30-2/h4-6,9-11,17,19-20H,3,7-8,12-15H2,1-2H3/t19-,20+/m0/s1. The molecule has 2 aliphatic rings. The molecule has 0 bridgehead atoms. The lowest BCUT2D eigenvalue weighted by molar-refractivity contribution is -0.183. The molecule has 0 aliphatic carbocycles. The SMILES string of the molecule is CCn1nccc1C(=O)N1CCC(N2C(=O)[C@H](OCCOC)[C@@H]2c2ccncc2)CC1. The molecule has 4 heterocycles. The second-order valence-corrected chi connectivity index (χ2v) is 7.81. The number of rotatable bonds is 8. The zero-order valence-electron chi connectivity index (χ0n) is 18.0. The van der Waals surface area contributed by atoms with Gasteiger partial charge in [0.25, 0.3) is 11.8 Å². The van der Waals surface area contributed by atoms with Crippen LogP contribution in [0.1, 0.15) is 41.9 Å². The highest BCUT2D eigenvalue weighted by molar-refractivity contribution is 5.92. The van der Waals surface area contributed by atoms with E-state index in [1.54, 1.807) is 36.4 Å². The van der Waals surface area contributed by atoms with Crippen LogP contribution in [0.5, 0.6) is 0 Å². The summed E-state index contributed by atoms with van der Waals surface area (Å²) in [6, 6.07) is 5.57. The number of piperidine rings is 1. The van der Waals surface area contributed by atoms with Gasteiger partial charge in [0.1, 0.15) is 5.69 Å². The summed E-state index contributed by atoms with van der Waals surface area (Å²) in [6.45, 7) is 4.67. The van der Waals surface area contributed by atoms with Crippen molar-refractivity contribution in [2.45, 2.75) is 44.5 Å². The summed E-state index contributed by atoms with van der Waals surface area (Å²) in [5, 5.41) is 4.20. The van der Waals surface area contributed by atoms with Crippen molar-refractivity contribution >= 4 is 11.8 Å². The van der Waals surface area contributed by atoms with E-state index in [4.69, 9.17) is 9.47 Å². The van der Waals surface area contributed by atoms with Crippen molar-refractivity contribution in [2.24, 2.45) is 0 Å². The number of carbonyl (C=O) groups excluding carboxylic acids is 2. The third-order valence-electron chi connectivity index (χ3n) is 6.10. The molecule has 31 heavy (non-hydrogen) atoms. The number of methoxy groups -OCH3 is 1. The average Bonchev–Trinajstić information content (AvgIpc) is 3.29. The third kappa shape index (κ3) is 4.20. The topological polar surface area (TPSA) is 89.8 Å². The monoisotopic (exact) mass is 427 g/mol. The molecular weight excluding hydrogens is 398 g/mol. The molecule has 166 valence electrons. The Morgan fingerprint density at radius 2 is 1.87 bits per heavy atom. The molecule has 0 unspecified atom stereocenters. The molecule has 2 aromatic heterocycles. The first-order valence-corrected chi connectivity index (χ1v) is 10.8. The third-order valence-corrected chi connectivity index (χ3v) is 6.10. The van der Waals surface area contributed by atoms with Gasteiger partial charge in [-0.15, -0.1) is 0 Å². The van der Waals surface area contributed by atoms with Gasteiger partial charge in [-0.2, -0.15) is 5.10 Å². The Morgan fingerprint density at radius 1 is 1.13 bits per heavy atom. The summed E-state index contributed by atoms with van der Waals surface area (Å²) in [5.74, 6) is 0.00551. The van der Waals surface area contributed by atoms with Crippen molar-refractivity contribution in [3.63, 3.8) is 0 Å². The molecule has 0 N–H and O–H groups in total. The number of carbonyl (C=O) groups is 2. The van der Waals surface area contributed by atoms with E-state index in [1.165, 1.54) is 0 Å². The number of pyridine rings is 1. The molecule has 4 rings (SSSR count). The smallest absolute Gasteiger partial charge is 0.272 e. The highest BCUT2D eigenvalue weighted by Gasteiger charge is 2.52. The lowest BCUT2D eigenvalue weighted by Crippen LogP contribution is -2.65. The highest BCUT2D eigenvalue weighted by atomic mass is 16.5. The fourth-order valence-electron chi connectivity index (χ4n) is 4.48. The molecular formula is C22H29N5O4. The maximum atomic E-state index is 13.0. The number of hydrogen-bond donors (Lipinski definition) is 0. The van der Waals surface area contributed by atoms with Gasteiger partial charge in [-0.3, -0.25) is 19.3 Å². The van der Waals surface area contributed by atoms with E-state index in [-0.39, 0.29) is 23.9 Å². The van der Waals surface area contributed by atoms with Crippen LogP contribution in [-0.4, -0.2) is 81.9 Å². The van der Waals surface area contributed by atoms with Gasteiger partial charge in [0.15, 0.2) is 6.10 Å². The molecule has 0 radical (unpaired) electrons. The van der Waals surface area contributed by atoms with Crippen LogP contribution < -0.4 is 0 Å². The van der Waals surface area contributed by atoms with E-state index in [0.717, 1.165) is 18.4 Å². The zero-order chi connectivity index (χ0) is 21.8. The molecule has 2 fully saturated rings. The Bertz CT molecular complexity index is 894. The molecule has 2 aromatic rings. The first-order valence-electron chi connectivity index (χ1n) is 10.8. The molecule has 0 aromatic carbocycles. The van der Waals surface area contributed by atoms with Crippen LogP contribution in [0, 0.1) is 0 Å². The van der Waals surface area contributed by atoms with Crippen LogP contribution in [0.25, 0.3) is 0 Å². The minimum absolute atomic E-state index is 0.000745. The van der Waals surface area contributed by atoms with Crippen molar-refractivity contribution < 1.29 is 19.1 Å². The number of hydrogen-bond acceptors (Lipinski definition) is 6. The van der Waals surface area contributed by atoms with Crippen LogP contribution in [-0.2, 0) is 20.8 Å². The average molecular weight is 428 g/mol. The van der Waals surface area contributed by atoms with Crippen molar-refractivity contribution in [3.05, 3.63) is 48.0 Å². The largest absolute Gasteiger partial charge is 0.382 e. The van der Waals surface area contributed by atoms with Gasteiger partial charge in [0.2, 0.25) is 0 Å². The van der Waals surface area contributed by atoms with E-state index in [1.807, 2.05) is 28.9 Å².